The molecule has 174 valence electrons. The third-order valence-electron chi connectivity index (χ3n) is 6.17. The number of alkyl halides is 2. The molecular weight excluding hydrogens is 447 g/mol. The van der Waals surface area contributed by atoms with Gasteiger partial charge in [0.15, 0.2) is 0 Å². The van der Waals surface area contributed by atoms with Gasteiger partial charge in [0.25, 0.3) is 0 Å². The lowest BCUT2D eigenvalue weighted by Crippen LogP contribution is -2.30. The molecule has 4 nitrogen and oxygen atoms in total. The number of anilines is 2. The van der Waals surface area contributed by atoms with Gasteiger partial charge in [-0.05, 0) is 62.4 Å². The van der Waals surface area contributed by atoms with E-state index in [1.807, 2.05) is 4.90 Å². The summed E-state index contributed by atoms with van der Waals surface area (Å²) >= 11 is 0.710. The number of rotatable bonds is 7. The Hall–Kier alpha value is -2.07. The standard InChI is InChI=1S/C22H25F5N4S/c1-13-17(31-8-5-14(11-31)10-30-7-6-15(12-30)22(26)27)9-16(23)21(20(13)25)32-29-19-4-2-3-18(24)28-19/h2-4,9,14-15,22H,5-8,10-12H2,1H3,(H,28,29). The van der Waals surface area contributed by atoms with E-state index < -0.39 is 29.9 Å². The van der Waals surface area contributed by atoms with Gasteiger partial charge in [-0.3, -0.25) is 0 Å². The Bertz CT molecular complexity index is 960. The Kier molecular flexibility index (Phi) is 7.09. The first-order valence-electron chi connectivity index (χ1n) is 10.6. The van der Waals surface area contributed by atoms with Crippen molar-refractivity contribution in [3.8, 4) is 0 Å². The molecule has 1 aromatic carbocycles. The van der Waals surface area contributed by atoms with Crippen LogP contribution in [-0.4, -0.2) is 49.0 Å². The number of hydrogen-bond acceptors (Lipinski definition) is 5. The van der Waals surface area contributed by atoms with Gasteiger partial charge in [-0.15, -0.1) is 0 Å². The average molecular weight is 473 g/mol. The number of halogens is 5. The molecule has 0 bridgehead atoms. The van der Waals surface area contributed by atoms with Crippen LogP contribution in [0, 0.1) is 36.3 Å². The van der Waals surface area contributed by atoms with Crippen LogP contribution in [0.4, 0.5) is 33.5 Å². The van der Waals surface area contributed by atoms with Crippen LogP contribution in [0.5, 0.6) is 0 Å². The lowest BCUT2D eigenvalue weighted by molar-refractivity contribution is 0.0798. The molecule has 2 saturated heterocycles. The Morgan fingerprint density at radius 2 is 1.97 bits per heavy atom. The lowest BCUT2D eigenvalue weighted by atomic mass is 10.1. The van der Waals surface area contributed by atoms with Crippen molar-refractivity contribution in [1.82, 2.24) is 9.88 Å². The van der Waals surface area contributed by atoms with Crippen LogP contribution in [-0.2, 0) is 0 Å². The largest absolute Gasteiger partial charge is 0.371 e. The molecule has 1 aromatic heterocycles. The Morgan fingerprint density at radius 1 is 1.16 bits per heavy atom. The van der Waals surface area contributed by atoms with Crippen molar-refractivity contribution < 1.29 is 22.0 Å². The third-order valence-corrected chi connectivity index (χ3v) is 7.06. The molecule has 2 aromatic rings. The molecular formula is C22H25F5N4S. The van der Waals surface area contributed by atoms with Crippen molar-refractivity contribution in [1.29, 1.82) is 0 Å². The normalized spacial score (nSPS) is 21.7. The van der Waals surface area contributed by atoms with Crippen LogP contribution in [0.1, 0.15) is 18.4 Å². The Labute approximate surface area is 188 Å². The fourth-order valence-electron chi connectivity index (χ4n) is 4.47. The van der Waals surface area contributed by atoms with E-state index in [0.29, 0.717) is 55.8 Å². The number of nitrogens with one attached hydrogen (secondary N) is 1. The maximum atomic E-state index is 15.0. The van der Waals surface area contributed by atoms with E-state index in [1.165, 1.54) is 24.3 Å². The first-order chi connectivity index (χ1) is 15.3. The SMILES string of the molecule is Cc1c(N2CCC(CN3CCC(C(F)F)C3)C2)cc(F)c(SNc2cccc(F)n2)c1F. The second-order valence-electron chi connectivity index (χ2n) is 8.44. The van der Waals surface area contributed by atoms with E-state index in [1.54, 1.807) is 6.92 Å². The highest BCUT2D eigenvalue weighted by atomic mass is 32.2. The molecule has 0 aliphatic carbocycles. The van der Waals surface area contributed by atoms with Crippen LogP contribution in [0.3, 0.4) is 0 Å². The zero-order chi connectivity index (χ0) is 22.8. The molecule has 2 atom stereocenters. The minimum absolute atomic E-state index is 0.161. The van der Waals surface area contributed by atoms with Gasteiger partial charge < -0.3 is 14.5 Å². The zero-order valence-corrected chi connectivity index (χ0v) is 18.4. The number of hydrogen-bond donors (Lipinski definition) is 1. The molecule has 10 heteroatoms. The number of likely N-dealkylation sites (tertiary alicyclic amines) is 1. The summed E-state index contributed by atoms with van der Waals surface area (Å²) in [6.45, 7) is 4.71. The van der Waals surface area contributed by atoms with E-state index in [-0.39, 0.29) is 16.6 Å². The summed E-state index contributed by atoms with van der Waals surface area (Å²) in [7, 11) is 0. The van der Waals surface area contributed by atoms with Crippen LogP contribution < -0.4 is 9.62 Å². The topological polar surface area (TPSA) is 31.4 Å². The van der Waals surface area contributed by atoms with Crippen LogP contribution >= 0.6 is 11.9 Å². The van der Waals surface area contributed by atoms with Crippen molar-refractivity contribution >= 4 is 23.5 Å². The summed E-state index contributed by atoms with van der Waals surface area (Å²) in [4.78, 5) is 7.45. The second kappa shape index (κ2) is 9.82. The van der Waals surface area contributed by atoms with E-state index in [2.05, 4.69) is 14.6 Å². The summed E-state index contributed by atoms with van der Waals surface area (Å²) in [5.41, 5.74) is 0.838. The van der Waals surface area contributed by atoms with Gasteiger partial charge in [0.1, 0.15) is 22.3 Å². The number of benzene rings is 1. The summed E-state index contributed by atoms with van der Waals surface area (Å²) in [5.74, 6) is -2.19. The van der Waals surface area contributed by atoms with E-state index in [4.69, 9.17) is 0 Å². The summed E-state index contributed by atoms with van der Waals surface area (Å²) in [6.07, 6.45) is -0.916. The fraction of sp³-hybridized carbons (Fsp3) is 0.500. The predicted molar refractivity (Wildman–Crippen MR) is 116 cm³/mol. The van der Waals surface area contributed by atoms with E-state index in [9.17, 15) is 17.6 Å². The van der Waals surface area contributed by atoms with E-state index in [0.717, 1.165) is 13.0 Å². The van der Waals surface area contributed by atoms with Gasteiger partial charge in [-0.25, -0.2) is 22.5 Å². The second-order valence-corrected chi connectivity index (χ2v) is 9.26. The van der Waals surface area contributed by atoms with Gasteiger partial charge >= 0.3 is 0 Å². The van der Waals surface area contributed by atoms with Gasteiger partial charge in [-0.2, -0.15) is 4.39 Å². The molecule has 4 rings (SSSR count). The summed E-state index contributed by atoms with van der Waals surface area (Å²) in [6, 6.07) is 5.46. The Morgan fingerprint density at radius 3 is 2.69 bits per heavy atom. The van der Waals surface area contributed by atoms with Crippen molar-refractivity contribution in [3.63, 3.8) is 0 Å². The number of pyridine rings is 1. The Balaban J connectivity index is 1.40. The minimum atomic E-state index is -2.28. The average Bonchev–Trinajstić information content (AvgIpc) is 3.41. The summed E-state index contributed by atoms with van der Waals surface area (Å²) in [5, 5.41) is 0. The van der Waals surface area contributed by atoms with Crippen LogP contribution in [0.25, 0.3) is 0 Å². The molecule has 3 heterocycles. The molecule has 32 heavy (non-hydrogen) atoms. The van der Waals surface area contributed by atoms with Crippen LogP contribution in [0.15, 0.2) is 29.2 Å². The van der Waals surface area contributed by atoms with Crippen molar-refractivity contribution in [2.75, 3.05) is 42.3 Å². The van der Waals surface area contributed by atoms with Gasteiger partial charge in [0.05, 0.1) is 0 Å². The highest BCUT2D eigenvalue weighted by Gasteiger charge is 2.33. The first-order valence-corrected chi connectivity index (χ1v) is 11.4. The molecule has 2 fully saturated rings. The molecule has 0 amide bonds. The minimum Gasteiger partial charge on any atom is -0.371 e. The summed E-state index contributed by atoms with van der Waals surface area (Å²) < 4.78 is 71.4. The lowest BCUT2D eigenvalue weighted by Gasteiger charge is -2.24. The molecule has 2 aliphatic heterocycles. The van der Waals surface area contributed by atoms with Crippen molar-refractivity contribution in [2.45, 2.75) is 31.1 Å². The smallest absolute Gasteiger partial charge is 0.242 e. The number of aromatic nitrogens is 1. The van der Waals surface area contributed by atoms with Crippen LogP contribution in [0.2, 0.25) is 0 Å². The highest BCUT2D eigenvalue weighted by Crippen LogP contribution is 2.36. The predicted octanol–water partition coefficient (Wildman–Crippen LogP) is 5.34. The molecule has 2 aliphatic rings. The number of nitrogens with zero attached hydrogens (tertiary/aromatic N) is 3. The molecule has 1 N–H and O–H groups in total. The van der Waals surface area contributed by atoms with Gasteiger partial charge in [0.2, 0.25) is 12.4 Å². The fourth-order valence-corrected chi connectivity index (χ4v) is 5.19. The first kappa shape index (κ1) is 23.1. The van der Waals surface area contributed by atoms with Crippen molar-refractivity contribution in [2.24, 2.45) is 11.8 Å². The molecule has 0 spiro atoms. The van der Waals surface area contributed by atoms with E-state index >= 15 is 4.39 Å². The van der Waals surface area contributed by atoms with Gasteiger partial charge in [0, 0.05) is 43.3 Å². The monoisotopic (exact) mass is 472 g/mol. The van der Waals surface area contributed by atoms with Gasteiger partial charge in [-0.1, -0.05) is 6.07 Å². The molecule has 0 saturated carbocycles. The highest BCUT2D eigenvalue weighted by molar-refractivity contribution is 8.00. The quantitative estimate of drug-likeness (QED) is 0.334. The maximum absolute atomic E-state index is 15.0. The van der Waals surface area contributed by atoms with Crippen molar-refractivity contribution in [3.05, 3.63) is 47.4 Å². The molecule has 2 unspecified atom stereocenters. The molecule has 0 radical (unpaired) electrons. The zero-order valence-electron chi connectivity index (χ0n) is 17.6. The maximum Gasteiger partial charge on any atom is 0.242 e. The third kappa shape index (κ3) is 5.11.